The zero-order chi connectivity index (χ0) is 17.7. The highest BCUT2D eigenvalue weighted by molar-refractivity contribution is 5.67. The summed E-state index contributed by atoms with van der Waals surface area (Å²) in [7, 11) is 1.66. The van der Waals surface area contributed by atoms with E-state index in [0.29, 0.717) is 18.9 Å². The number of nitrogens with zero attached hydrogens (tertiary/aromatic N) is 2. The molecule has 0 spiro atoms. The average Bonchev–Trinajstić information content (AvgIpc) is 2.82. The lowest BCUT2D eigenvalue weighted by Gasteiger charge is -2.19. The minimum Gasteiger partial charge on any atom is -0.444 e. The van der Waals surface area contributed by atoms with Crippen molar-refractivity contribution in [1.29, 1.82) is 0 Å². The zero-order valence-corrected chi connectivity index (χ0v) is 14.3. The molecule has 2 rings (SSSR count). The van der Waals surface area contributed by atoms with Crippen LogP contribution in [0.3, 0.4) is 0 Å². The van der Waals surface area contributed by atoms with Gasteiger partial charge in [0.25, 0.3) is 0 Å². The number of benzene rings is 1. The highest BCUT2D eigenvalue weighted by Crippen LogP contribution is 2.17. The van der Waals surface area contributed by atoms with Crippen molar-refractivity contribution in [3.8, 4) is 11.4 Å². The monoisotopic (exact) mass is 333 g/mol. The number of carbonyl (C=O) groups is 1. The molecule has 130 valence electrons. The van der Waals surface area contributed by atoms with Crippen LogP contribution in [-0.2, 0) is 11.8 Å². The summed E-state index contributed by atoms with van der Waals surface area (Å²) in [6.07, 6.45) is -0.431. The van der Waals surface area contributed by atoms with Gasteiger partial charge in [0.15, 0.2) is 5.82 Å². The SMILES string of the molecule is Cn1c(-c2ccc(NCCNC(=O)OC(C)(C)C)cc2)n[nH]c1=O. The molecule has 0 aliphatic rings. The molecule has 24 heavy (non-hydrogen) atoms. The number of alkyl carbamates (subject to hydrolysis) is 1. The molecule has 0 bridgehead atoms. The van der Waals surface area contributed by atoms with E-state index in [1.54, 1.807) is 7.05 Å². The smallest absolute Gasteiger partial charge is 0.407 e. The minimum atomic E-state index is -0.500. The largest absolute Gasteiger partial charge is 0.444 e. The highest BCUT2D eigenvalue weighted by Gasteiger charge is 2.15. The van der Waals surface area contributed by atoms with Crippen molar-refractivity contribution in [3.63, 3.8) is 0 Å². The quantitative estimate of drug-likeness (QED) is 0.723. The predicted molar refractivity (Wildman–Crippen MR) is 92.0 cm³/mol. The topological polar surface area (TPSA) is 101 Å². The van der Waals surface area contributed by atoms with Crippen molar-refractivity contribution in [2.24, 2.45) is 7.05 Å². The van der Waals surface area contributed by atoms with Crippen LogP contribution in [0, 0.1) is 0 Å². The van der Waals surface area contributed by atoms with Crippen molar-refractivity contribution in [2.45, 2.75) is 26.4 Å². The molecule has 3 N–H and O–H groups in total. The van der Waals surface area contributed by atoms with Crippen molar-refractivity contribution in [1.82, 2.24) is 20.1 Å². The van der Waals surface area contributed by atoms with Gasteiger partial charge in [0.2, 0.25) is 0 Å². The highest BCUT2D eigenvalue weighted by atomic mass is 16.6. The Balaban J connectivity index is 1.81. The van der Waals surface area contributed by atoms with Gasteiger partial charge in [-0.25, -0.2) is 14.7 Å². The van der Waals surface area contributed by atoms with E-state index < -0.39 is 11.7 Å². The molecule has 1 amide bonds. The number of ether oxygens (including phenoxy) is 1. The Labute approximate surface area is 140 Å². The summed E-state index contributed by atoms with van der Waals surface area (Å²) in [5, 5.41) is 12.3. The molecule has 0 saturated heterocycles. The summed E-state index contributed by atoms with van der Waals surface area (Å²) in [6, 6.07) is 7.53. The lowest BCUT2D eigenvalue weighted by molar-refractivity contribution is 0.0530. The molecule has 8 nitrogen and oxygen atoms in total. The number of rotatable bonds is 5. The number of aromatic amines is 1. The first-order chi connectivity index (χ1) is 11.3. The zero-order valence-electron chi connectivity index (χ0n) is 14.3. The van der Waals surface area contributed by atoms with E-state index in [-0.39, 0.29) is 5.69 Å². The van der Waals surface area contributed by atoms with E-state index in [2.05, 4.69) is 20.8 Å². The van der Waals surface area contributed by atoms with E-state index in [1.807, 2.05) is 45.0 Å². The lowest BCUT2D eigenvalue weighted by atomic mass is 10.2. The molecule has 0 fully saturated rings. The van der Waals surface area contributed by atoms with E-state index in [1.165, 1.54) is 4.57 Å². The maximum atomic E-state index is 11.5. The van der Waals surface area contributed by atoms with Gasteiger partial charge >= 0.3 is 11.8 Å². The Morgan fingerprint density at radius 1 is 1.25 bits per heavy atom. The van der Waals surface area contributed by atoms with Gasteiger partial charge in [-0.05, 0) is 45.0 Å². The number of nitrogens with one attached hydrogen (secondary N) is 3. The fraction of sp³-hybridized carbons (Fsp3) is 0.438. The van der Waals surface area contributed by atoms with E-state index in [0.717, 1.165) is 11.3 Å². The summed E-state index contributed by atoms with van der Waals surface area (Å²) >= 11 is 0. The van der Waals surface area contributed by atoms with Gasteiger partial charge in [-0.1, -0.05) is 0 Å². The molecule has 0 aliphatic heterocycles. The maximum Gasteiger partial charge on any atom is 0.407 e. The Morgan fingerprint density at radius 2 is 1.92 bits per heavy atom. The average molecular weight is 333 g/mol. The minimum absolute atomic E-state index is 0.250. The van der Waals surface area contributed by atoms with Crippen LogP contribution in [0.15, 0.2) is 29.1 Å². The van der Waals surface area contributed by atoms with Gasteiger partial charge < -0.3 is 15.4 Å². The number of anilines is 1. The van der Waals surface area contributed by atoms with E-state index in [9.17, 15) is 9.59 Å². The van der Waals surface area contributed by atoms with Gasteiger partial charge in [-0.3, -0.25) is 4.57 Å². The number of carbonyl (C=O) groups excluding carboxylic acids is 1. The van der Waals surface area contributed by atoms with E-state index in [4.69, 9.17) is 4.74 Å². The number of hydrogen-bond acceptors (Lipinski definition) is 5. The van der Waals surface area contributed by atoms with Crippen LogP contribution >= 0.6 is 0 Å². The molecular formula is C16H23N5O3. The molecule has 0 radical (unpaired) electrons. The fourth-order valence-corrected chi connectivity index (χ4v) is 2.03. The third-order valence-corrected chi connectivity index (χ3v) is 3.15. The molecule has 1 heterocycles. The molecule has 0 saturated carbocycles. The summed E-state index contributed by atoms with van der Waals surface area (Å²) in [5.74, 6) is 0.582. The second kappa shape index (κ2) is 7.20. The van der Waals surface area contributed by atoms with Crippen molar-refractivity contribution in [2.75, 3.05) is 18.4 Å². The first kappa shape index (κ1) is 17.6. The van der Waals surface area contributed by atoms with Gasteiger partial charge in [0.05, 0.1) is 0 Å². The predicted octanol–water partition coefficient (Wildman–Crippen LogP) is 1.71. The summed E-state index contributed by atoms with van der Waals surface area (Å²) in [5.41, 5.74) is 0.999. The first-order valence-electron chi connectivity index (χ1n) is 7.69. The van der Waals surface area contributed by atoms with Crippen molar-refractivity contribution in [3.05, 3.63) is 34.7 Å². The summed E-state index contributed by atoms with van der Waals surface area (Å²) in [4.78, 5) is 22.9. The Hall–Kier alpha value is -2.77. The molecular weight excluding hydrogens is 310 g/mol. The third-order valence-electron chi connectivity index (χ3n) is 3.15. The third kappa shape index (κ3) is 4.87. The molecule has 2 aromatic rings. The van der Waals surface area contributed by atoms with Gasteiger partial charge in [0.1, 0.15) is 5.60 Å². The second-order valence-corrected chi connectivity index (χ2v) is 6.34. The summed E-state index contributed by atoms with van der Waals surface area (Å²) < 4.78 is 6.60. The van der Waals surface area contributed by atoms with Crippen molar-refractivity contribution >= 4 is 11.8 Å². The molecule has 0 aliphatic carbocycles. The molecule has 1 aromatic carbocycles. The number of aromatic nitrogens is 3. The Bertz CT molecular complexity index is 740. The van der Waals surface area contributed by atoms with Crippen LogP contribution in [0.25, 0.3) is 11.4 Å². The van der Waals surface area contributed by atoms with Gasteiger partial charge in [-0.2, -0.15) is 5.10 Å². The second-order valence-electron chi connectivity index (χ2n) is 6.34. The Kier molecular flexibility index (Phi) is 5.28. The number of amides is 1. The van der Waals surface area contributed by atoms with Crippen LogP contribution < -0.4 is 16.3 Å². The first-order valence-corrected chi connectivity index (χ1v) is 7.69. The van der Waals surface area contributed by atoms with Gasteiger partial charge in [0, 0.05) is 31.4 Å². The molecule has 8 heteroatoms. The number of H-pyrrole nitrogens is 1. The number of hydrogen-bond donors (Lipinski definition) is 3. The standard InChI is InChI=1S/C16H23N5O3/c1-16(2,3)24-15(23)18-10-9-17-12-7-5-11(6-8-12)13-19-20-14(22)21(13)4/h5-8,17H,9-10H2,1-4H3,(H,18,23)(H,20,22). The van der Waals surface area contributed by atoms with Crippen LogP contribution in [0.2, 0.25) is 0 Å². The molecule has 0 unspecified atom stereocenters. The molecule has 1 aromatic heterocycles. The summed E-state index contributed by atoms with van der Waals surface area (Å²) in [6.45, 7) is 6.48. The van der Waals surface area contributed by atoms with Crippen LogP contribution in [0.5, 0.6) is 0 Å². The van der Waals surface area contributed by atoms with Crippen LogP contribution in [0.1, 0.15) is 20.8 Å². The maximum absolute atomic E-state index is 11.5. The fourth-order valence-electron chi connectivity index (χ4n) is 2.03. The lowest BCUT2D eigenvalue weighted by Crippen LogP contribution is -2.34. The van der Waals surface area contributed by atoms with Gasteiger partial charge in [-0.15, -0.1) is 0 Å². The molecule has 0 atom stereocenters. The van der Waals surface area contributed by atoms with E-state index >= 15 is 0 Å². The normalized spacial score (nSPS) is 11.2. The van der Waals surface area contributed by atoms with Crippen LogP contribution in [0.4, 0.5) is 10.5 Å². The van der Waals surface area contributed by atoms with Crippen LogP contribution in [-0.4, -0.2) is 39.5 Å². The van der Waals surface area contributed by atoms with Crippen molar-refractivity contribution < 1.29 is 9.53 Å². The Morgan fingerprint density at radius 3 is 2.46 bits per heavy atom.